The molecule has 0 spiro atoms. The number of carbonyl (C=O) groups excluding carboxylic acids is 2. The van der Waals surface area contributed by atoms with E-state index in [4.69, 9.17) is 23.2 Å². The number of hydrogen-bond donors (Lipinski definition) is 1. The first-order chi connectivity index (χ1) is 22.5. The molecule has 0 heterocycles. The first kappa shape index (κ1) is 34.5. The van der Waals surface area contributed by atoms with Crippen molar-refractivity contribution >= 4 is 50.7 Å². The van der Waals surface area contributed by atoms with E-state index in [0.29, 0.717) is 26.9 Å². The molecule has 4 aromatic carbocycles. The van der Waals surface area contributed by atoms with Crippen LogP contribution in [0.4, 0.5) is 5.69 Å². The Hall–Kier alpha value is -3.85. The van der Waals surface area contributed by atoms with Crippen molar-refractivity contribution in [3.63, 3.8) is 0 Å². The number of amides is 2. The van der Waals surface area contributed by atoms with Crippen LogP contribution in [0.1, 0.15) is 47.9 Å². The highest BCUT2D eigenvalue weighted by atomic mass is 35.5. The number of hydrogen-bond acceptors (Lipinski definition) is 4. The SMILES string of the molecule is Cc1ccc(S(=O)(=O)N(CC(=O)N(Cc2c(Cl)cccc2Cl)C(Cc2ccccc2)C(=O)NC2CCCC2)c2ccccc2C)cc1. The molecule has 1 aliphatic rings. The van der Waals surface area contributed by atoms with Gasteiger partial charge in [0, 0.05) is 34.6 Å². The van der Waals surface area contributed by atoms with Crippen LogP contribution in [-0.2, 0) is 32.6 Å². The Bertz CT molecular complexity index is 1790. The lowest BCUT2D eigenvalue weighted by Crippen LogP contribution is -2.54. The molecule has 10 heteroatoms. The molecular weight excluding hydrogens is 653 g/mol. The molecule has 246 valence electrons. The minimum Gasteiger partial charge on any atom is -0.352 e. The second-order valence-electron chi connectivity index (χ2n) is 12.0. The van der Waals surface area contributed by atoms with Gasteiger partial charge in [0.1, 0.15) is 12.6 Å². The summed E-state index contributed by atoms with van der Waals surface area (Å²) >= 11 is 13.2. The lowest BCUT2D eigenvalue weighted by atomic mass is 10.0. The van der Waals surface area contributed by atoms with Gasteiger partial charge in [-0.15, -0.1) is 0 Å². The average Bonchev–Trinajstić information content (AvgIpc) is 3.57. The second-order valence-corrected chi connectivity index (χ2v) is 14.7. The van der Waals surface area contributed by atoms with Crippen molar-refractivity contribution < 1.29 is 18.0 Å². The van der Waals surface area contributed by atoms with Crippen molar-refractivity contribution in [3.8, 4) is 0 Å². The molecule has 1 fully saturated rings. The number of halogens is 2. The van der Waals surface area contributed by atoms with E-state index >= 15 is 0 Å². The second kappa shape index (κ2) is 15.4. The summed E-state index contributed by atoms with van der Waals surface area (Å²) in [5.41, 5.74) is 3.27. The summed E-state index contributed by atoms with van der Waals surface area (Å²) in [7, 11) is -4.20. The summed E-state index contributed by atoms with van der Waals surface area (Å²) in [5, 5.41) is 3.86. The van der Waals surface area contributed by atoms with E-state index in [2.05, 4.69) is 5.32 Å². The zero-order valence-electron chi connectivity index (χ0n) is 26.5. The molecule has 4 aromatic rings. The van der Waals surface area contributed by atoms with Gasteiger partial charge in [0.2, 0.25) is 11.8 Å². The van der Waals surface area contributed by atoms with Gasteiger partial charge in [-0.25, -0.2) is 8.42 Å². The quantitative estimate of drug-likeness (QED) is 0.167. The minimum absolute atomic E-state index is 0.00649. The molecule has 2 amide bonds. The Morgan fingerprint density at radius 2 is 1.45 bits per heavy atom. The number of nitrogens with one attached hydrogen (secondary N) is 1. The highest BCUT2D eigenvalue weighted by Crippen LogP contribution is 2.30. The largest absolute Gasteiger partial charge is 0.352 e. The molecule has 1 N–H and O–H groups in total. The fourth-order valence-corrected chi connectivity index (χ4v) is 7.96. The Balaban J connectivity index is 1.60. The van der Waals surface area contributed by atoms with E-state index in [0.717, 1.165) is 41.1 Å². The molecule has 7 nitrogen and oxygen atoms in total. The highest BCUT2D eigenvalue weighted by Gasteiger charge is 2.36. The maximum absolute atomic E-state index is 14.7. The molecule has 0 bridgehead atoms. The molecular formula is C37H39Cl2N3O4S. The number of rotatable bonds is 12. The Labute approximate surface area is 287 Å². The maximum Gasteiger partial charge on any atom is 0.264 e. The van der Waals surface area contributed by atoms with Gasteiger partial charge >= 0.3 is 0 Å². The van der Waals surface area contributed by atoms with Crippen LogP contribution in [0.2, 0.25) is 10.0 Å². The van der Waals surface area contributed by atoms with Crippen molar-refractivity contribution in [2.45, 2.75) is 69.5 Å². The topological polar surface area (TPSA) is 86.8 Å². The van der Waals surface area contributed by atoms with E-state index in [9.17, 15) is 18.0 Å². The summed E-state index contributed by atoms with van der Waals surface area (Å²) in [5.74, 6) is -0.872. The molecule has 1 aliphatic carbocycles. The zero-order chi connectivity index (χ0) is 33.6. The highest BCUT2D eigenvalue weighted by molar-refractivity contribution is 7.92. The Morgan fingerprint density at radius 3 is 2.09 bits per heavy atom. The summed E-state index contributed by atoms with van der Waals surface area (Å²) in [6.45, 7) is 3.02. The van der Waals surface area contributed by atoms with Crippen LogP contribution in [0.25, 0.3) is 0 Å². The number of anilines is 1. The standard InChI is InChI=1S/C37H39Cl2N3O4S/c1-26-19-21-30(22-20-26)47(45,46)42(34-18-9-6-11-27(34)2)25-36(43)41(24-31-32(38)16-10-17-33(31)39)35(23-28-12-4-3-5-13-28)37(44)40-29-14-7-8-15-29/h3-6,9-13,16-22,29,35H,7-8,14-15,23-25H2,1-2H3,(H,40,44). The van der Waals surface area contributed by atoms with Gasteiger partial charge in [0.25, 0.3) is 10.0 Å². The first-order valence-electron chi connectivity index (χ1n) is 15.8. The van der Waals surface area contributed by atoms with Crippen LogP contribution in [0, 0.1) is 13.8 Å². The molecule has 47 heavy (non-hydrogen) atoms. The van der Waals surface area contributed by atoms with Gasteiger partial charge in [0.05, 0.1) is 10.6 Å². The molecule has 0 saturated heterocycles. The number of benzene rings is 4. The van der Waals surface area contributed by atoms with Gasteiger partial charge in [-0.2, -0.15) is 0 Å². The number of carbonyl (C=O) groups is 2. The molecule has 1 saturated carbocycles. The molecule has 1 unspecified atom stereocenters. The van der Waals surface area contributed by atoms with Crippen molar-refractivity contribution in [2.24, 2.45) is 0 Å². The van der Waals surface area contributed by atoms with Crippen LogP contribution in [0.3, 0.4) is 0 Å². The van der Waals surface area contributed by atoms with E-state index < -0.39 is 28.5 Å². The Kier molecular flexibility index (Phi) is 11.3. The third-order valence-electron chi connectivity index (χ3n) is 8.63. The number of aryl methyl sites for hydroxylation is 2. The van der Waals surface area contributed by atoms with Gasteiger partial charge in [-0.1, -0.05) is 108 Å². The first-order valence-corrected chi connectivity index (χ1v) is 18.0. The normalized spacial score (nSPS) is 14.0. The predicted octanol–water partition coefficient (Wildman–Crippen LogP) is 7.50. The van der Waals surface area contributed by atoms with Gasteiger partial charge in [0.15, 0.2) is 0 Å². The van der Waals surface area contributed by atoms with E-state index in [1.807, 2.05) is 43.3 Å². The van der Waals surface area contributed by atoms with Crippen molar-refractivity contribution in [1.29, 1.82) is 0 Å². The fraction of sp³-hybridized carbons (Fsp3) is 0.297. The summed E-state index contributed by atoms with van der Waals surface area (Å²) in [4.78, 5) is 30.4. The van der Waals surface area contributed by atoms with Gasteiger partial charge in [-0.05, 0) is 68.1 Å². The van der Waals surface area contributed by atoms with Crippen LogP contribution in [0.5, 0.6) is 0 Å². The van der Waals surface area contributed by atoms with Gasteiger partial charge in [-0.3, -0.25) is 13.9 Å². The molecule has 0 aliphatic heterocycles. The third kappa shape index (κ3) is 8.36. The molecule has 5 rings (SSSR count). The van der Waals surface area contributed by atoms with E-state index in [-0.39, 0.29) is 29.8 Å². The summed E-state index contributed by atoms with van der Waals surface area (Å²) in [6, 6.07) is 27.1. The van der Waals surface area contributed by atoms with Crippen LogP contribution in [0.15, 0.2) is 102 Å². The van der Waals surface area contributed by atoms with Crippen molar-refractivity contribution in [2.75, 3.05) is 10.8 Å². The van der Waals surface area contributed by atoms with Crippen LogP contribution < -0.4 is 9.62 Å². The van der Waals surface area contributed by atoms with Crippen LogP contribution >= 0.6 is 23.2 Å². The summed E-state index contributed by atoms with van der Waals surface area (Å²) < 4.78 is 29.7. The van der Waals surface area contributed by atoms with E-state index in [1.54, 1.807) is 55.5 Å². The molecule has 0 aromatic heterocycles. The monoisotopic (exact) mass is 691 g/mol. The van der Waals surface area contributed by atoms with Crippen molar-refractivity contribution in [1.82, 2.24) is 10.2 Å². The predicted molar refractivity (Wildman–Crippen MR) is 188 cm³/mol. The maximum atomic E-state index is 14.7. The van der Waals surface area contributed by atoms with Gasteiger partial charge < -0.3 is 10.2 Å². The number of para-hydroxylation sites is 1. The molecule has 0 radical (unpaired) electrons. The Morgan fingerprint density at radius 1 is 0.830 bits per heavy atom. The number of nitrogens with zero attached hydrogens (tertiary/aromatic N) is 2. The lowest BCUT2D eigenvalue weighted by molar-refractivity contribution is -0.140. The van der Waals surface area contributed by atoms with E-state index in [1.165, 1.54) is 17.0 Å². The van der Waals surface area contributed by atoms with Crippen molar-refractivity contribution in [3.05, 3.63) is 129 Å². The third-order valence-corrected chi connectivity index (χ3v) is 11.1. The minimum atomic E-state index is -4.20. The fourth-order valence-electron chi connectivity index (χ4n) is 5.97. The smallest absolute Gasteiger partial charge is 0.264 e. The molecule has 1 atom stereocenters. The lowest BCUT2D eigenvalue weighted by Gasteiger charge is -2.35. The number of sulfonamides is 1. The summed E-state index contributed by atoms with van der Waals surface area (Å²) in [6.07, 6.45) is 3.99. The zero-order valence-corrected chi connectivity index (χ0v) is 28.9. The van der Waals surface area contributed by atoms with Crippen LogP contribution in [-0.4, -0.2) is 43.8 Å². The average molecular weight is 693 g/mol.